The van der Waals surface area contributed by atoms with Crippen molar-refractivity contribution in [1.82, 2.24) is 15.2 Å². The molecule has 1 N–H and O–H groups in total. The Morgan fingerprint density at radius 2 is 2.10 bits per heavy atom. The highest BCUT2D eigenvalue weighted by molar-refractivity contribution is 5.52. The third-order valence-corrected chi connectivity index (χ3v) is 5.08. The maximum Gasteiger partial charge on any atom is 0.0598 e. The van der Waals surface area contributed by atoms with Crippen LogP contribution in [0.5, 0.6) is 0 Å². The van der Waals surface area contributed by atoms with Gasteiger partial charge >= 0.3 is 0 Å². The van der Waals surface area contributed by atoms with Gasteiger partial charge in [-0.25, -0.2) is 0 Å². The van der Waals surface area contributed by atoms with E-state index in [-0.39, 0.29) is 0 Å². The van der Waals surface area contributed by atoms with Crippen LogP contribution >= 0.6 is 0 Å². The topological polar surface area (TPSA) is 31.4 Å². The van der Waals surface area contributed by atoms with Gasteiger partial charge in [0.2, 0.25) is 0 Å². The molecule has 2 aliphatic rings. The monoisotopic (exact) mass is 288 g/mol. The summed E-state index contributed by atoms with van der Waals surface area (Å²) in [5.74, 6) is 0. The molecule has 21 heavy (non-hydrogen) atoms. The van der Waals surface area contributed by atoms with E-state index in [4.69, 9.17) is 0 Å². The molecule has 0 saturated carbocycles. The number of hydrogen-bond acceptors (Lipinski definition) is 4. The first kappa shape index (κ1) is 14.8. The Bertz CT molecular complexity index is 474. The van der Waals surface area contributed by atoms with Crippen molar-refractivity contribution in [3.8, 4) is 0 Å². The van der Waals surface area contributed by atoms with Crippen LogP contribution < -0.4 is 10.2 Å². The molecule has 4 nitrogen and oxygen atoms in total. The van der Waals surface area contributed by atoms with Gasteiger partial charge in [-0.2, -0.15) is 0 Å². The minimum absolute atomic E-state index is 0.511. The first-order valence-corrected chi connectivity index (χ1v) is 8.28. The van der Waals surface area contributed by atoms with E-state index in [0.29, 0.717) is 12.1 Å². The summed E-state index contributed by atoms with van der Waals surface area (Å²) in [4.78, 5) is 9.54. The maximum atomic E-state index is 4.38. The van der Waals surface area contributed by atoms with Crippen molar-refractivity contribution < 1.29 is 0 Å². The number of pyridine rings is 1. The second kappa shape index (κ2) is 6.32. The first-order chi connectivity index (χ1) is 10.1. The Kier molecular flexibility index (Phi) is 4.45. The van der Waals surface area contributed by atoms with Crippen LogP contribution in [0, 0.1) is 0 Å². The van der Waals surface area contributed by atoms with E-state index in [9.17, 15) is 0 Å². The molecule has 1 aromatic rings. The van der Waals surface area contributed by atoms with Crippen LogP contribution in [0.25, 0.3) is 0 Å². The quantitative estimate of drug-likeness (QED) is 0.921. The molecule has 2 saturated heterocycles. The van der Waals surface area contributed by atoms with Crippen LogP contribution in [0.1, 0.15) is 38.7 Å². The molecule has 1 aromatic heterocycles. The molecule has 0 spiro atoms. The molecule has 2 fully saturated rings. The van der Waals surface area contributed by atoms with E-state index in [2.05, 4.69) is 53.3 Å². The third kappa shape index (κ3) is 3.22. The second-order valence-corrected chi connectivity index (χ2v) is 6.83. The summed E-state index contributed by atoms with van der Waals surface area (Å²) >= 11 is 0. The van der Waals surface area contributed by atoms with Crippen LogP contribution in [0.2, 0.25) is 0 Å². The summed E-state index contributed by atoms with van der Waals surface area (Å²) in [5.41, 5.74) is 2.70. The van der Waals surface area contributed by atoms with Gasteiger partial charge in [-0.15, -0.1) is 0 Å². The number of nitrogens with zero attached hydrogens (tertiary/aromatic N) is 3. The molecule has 2 aliphatic heterocycles. The molecule has 116 valence electrons. The Morgan fingerprint density at radius 3 is 2.90 bits per heavy atom. The number of aromatic nitrogens is 1. The number of hydrogen-bond donors (Lipinski definition) is 1. The minimum atomic E-state index is 0.511. The van der Waals surface area contributed by atoms with Crippen molar-refractivity contribution >= 4 is 5.69 Å². The van der Waals surface area contributed by atoms with Crippen LogP contribution in [0.3, 0.4) is 0 Å². The summed E-state index contributed by atoms with van der Waals surface area (Å²) in [5, 5.41) is 3.53. The minimum Gasteiger partial charge on any atom is -0.368 e. The molecule has 0 aliphatic carbocycles. The smallest absolute Gasteiger partial charge is 0.0598 e. The van der Waals surface area contributed by atoms with Crippen molar-refractivity contribution in [1.29, 1.82) is 0 Å². The number of rotatable bonds is 4. The molecule has 3 heterocycles. The Balaban J connectivity index is 1.77. The molecule has 0 amide bonds. The average Bonchev–Trinajstić information content (AvgIpc) is 2.70. The fourth-order valence-electron chi connectivity index (χ4n) is 3.69. The zero-order valence-electron chi connectivity index (χ0n) is 13.5. The van der Waals surface area contributed by atoms with E-state index in [1.165, 1.54) is 30.5 Å². The van der Waals surface area contributed by atoms with Gasteiger partial charge in [0.05, 0.1) is 11.9 Å². The van der Waals surface area contributed by atoms with Crippen molar-refractivity contribution in [2.24, 2.45) is 0 Å². The molecule has 3 rings (SSSR count). The normalized spacial score (nSPS) is 26.4. The fraction of sp³-hybridized carbons (Fsp3) is 0.706. The Morgan fingerprint density at radius 1 is 1.29 bits per heavy atom. The van der Waals surface area contributed by atoms with Crippen LogP contribution in [-0.4, -0.2) is 48.1 Å². The molecule has 0 aromatic carbocycles. The first-order valence-electron chi connectivity index (χ1n) is 8.28. The lowest BCUT2D eigenvalue weighted by molar-refractivity contribution is 0.254. The maximum absolute atomic E-state index is 4.38. The predicted octanol–water partition coefficient (Wildman–Crippen LogP) is 2.25. The summed E-state index contributed by atoms with van der Waals surface area (Å²) < 4.78 is 0. The molecule has 2 unspecified atom stereocenters. The van der Waals surface area contributed by atoms with Crippen molar-refractivity contribution in [2.75, 3.05) is 25.0 Å². The van der Waals surface area contributed by atoms with Crippen LogP contribution in [0.15, 0.2) is 18.5 Å². The van der Waals surface area contributed by atoms with E-state index >= 15 is 0 Å². The molecule has 0 radical (unpaired) electrons. The summed E-state index contributed by atoms with van der Waals surface area (Å²) in [7, 11) is 2.30. The highest BCUT2D eigenvalue weighted by Gasteiger charge is 2.35. The second-order valence-electron chi connectivity index (χ2n) is 6.83. The van der Waals surface area contributed by atoms with Gasteiger partial charge in [0.1, 0.15) is 0 Å². The zero-order valence-corrected chi connectivity index (χ0v) is 13.5. The van der Waals surface area contributed by atoms with Gasteiger partial charge in [-0.1, -0.05) is 13.8 Å². The molecular formula is C17H28N4. The van der Waals surface area contributed by atoms with Crippen LogP contribution in [0.4, 0.5) is 5.69 Å². The summed E-state index contributed by atoms with van der Waals surface area (Å²) in [6.45, 7) is 7.62. The summed E-state index contributed by atoms with van der Waals surface area (Å²) in [6, 6.07) is 4.17. The Hall–Kier alpha value is -1.13. The van der Waals surface area contributed by atoms with Crippen LogP contribution in [-0.2, 0) is 6.54 Å². The lowest BCUT2D eigenvalue weighted by atomic mass is 10.1. The highest BCUT2D eigenvalue weighted by atomic mass is 15.3. The standard InChI is InChI=1S/C17H28N4/c1-13(2)19-10-14-6-8-18-11-17(14)21-9-7-15-4-5-16(12-21)20(15)3/h6,8,11,13,15-16,19H,4-5,7,9-10,12H2,1-3H3. The lowest BCUT2D eigenvalue weighted by Crippen LogP contribution is -2.37. The Labute approximate surface area is 128 Å². The average molecular weight is 288 g/mol. The SMILES string of the molecule is CC(C)NCc1ccncc1N1CCC2CCC(C1)N2C. The highest BCUT2D eigenvalue weighted by Crippen LogP contribution is 2.31. The van der Waals surface area contributed by atoms with Crippen molar-refractivity contribution in [3.05, 3.63) is 24.0 Å². The molecular weight excluding hydrogens is 260 g/mol. The largest absolute Gasteiger partial charge is 0.368 e. The van der Waals surface area contributed by atoms with Gasteiger partial charge in [-0.05, 0) is 37.9 Å². The van der Waals surface area contributed by atoms with E-state index < -0.39 is 0 Å². The number of likely N-dealkylation sites (N-methyl/N-ethyl adjacent to an activating group) is 1. The van der Waals surface area contributed by atoms with Gasteiger partial charge in [-0.3, -0.25) is 9.88 Å². The molecule has 2 atom stereocenters. The number of nitrogens with one attached hydrogen (secondary N) is 1. The number of anilines is 1. The summed E-state index contributed by atoms with van der Waals surface area (Å²) in [6.07, 6.45) is 7.97. The fourth-order valence-corrected chi connectivity index (χ4v) is 3.69. The van der Waals surface area contributed by atoms with Gasteiger partial charge in [0, 0.05) is 44.0 Å². The molecule has 2 bridgehead atoms. The van der Waals surface area contributed by atoms with Gasteiger partial charge in [0.25, 0.3) is 0 Å². The van der Waals surface area contributed by atoms with E-state index in [1.807, 2.05) is 6.20 Å². The predicted molar refractivity (Wildman–Crippen MR) is 87.6 cm³/mol. The van der Waals surface area contributed by atoms with E-state index in [1.54, 1.807) is 0 Å². The van der Waals surface area contributed by atoms with Gasteiger partial charge < -0.3 is 10.2 Å². The van der Waals surface area contributed by atoms with Crippen molar-refractivity contribution in [2.45, 2.75) is 57.8 Å². The number of fused-ring (bicyclic) bond motifs is 2. The van der Waals surface area contributed by atoms with E-state index in [0.717, 1.165) is 25.7 Å². The lowest BCUT2D eigenvalue weighted by Gasteiger charge is -2.29. The zero-order chi connectivity index (χ0) is 14.8. The molecule has 4 heteroatoms. The van der Waals surface area contributed by atoms with Gasteiger partial charge in [0.15, 0.2) is 0 Å². The third-order valence-electron chi connectivity index (χ3n) is 5.08. The van der Waals surface area contributed by atoms with Crippen molar-refractivity contribution in [3.63, 3.8) is 0 Å².